The lowest BCUT2D eigenvalue weighted by Gasteiger charge is -2.08. The normalized spacial score (nSPS) is 10.0. The molecule has 0 aromatic heterocycles. The molecule has 0 atom stereocenters. The summed E-state index contributed by atoms with van der Waals surface area (Å²) < 4.78 is 0. The van der Waals surface area contributed by atoms with Gasteiger partial charge in [-0.05, 0) is 12.1 Å². The molecule has 0 aliphatic heterocycles. The topological polar surface area (TPSA) is 141 Å². The molecule has 9 heteroatoms. The molecular weight excluding hydrogens is 292 g/mol. The lowest BCUT2D eigenvalue weighted by Crippen LogP contribution is -2.15. The largest absolute Gasteiger partial charge is 0.392 e. The van der Waals surface area contributed by atoms with Gasteiger partial charge in [-0.25, -0.2) is 0 Å². The second-order valence-electron chi connectivity index (χ2n) is 4.26. The zero-order valence-electron chi connectivity index (χ0n) is 11.1. The summed E-state index contributed by atoms with van der Waals surface area (Å²) in [7, 11) is 0. The van der Waals surface area contributed by atoms with E-state index in [0.717, 1.165) is 6.07 Å². The van der Waals surface area contributed by atoms with Crippen molar-refractivity contribution in [2.24, 2.45) is 0 Å². The number of amides is 1. The van der Waals surface area contributed by atoms with E-state index in [-0.39, 0.29) is 5.56 Å². The van der Waals surface area contributed by atoms with Gasteiger partial charge in [-0.1, -0.05) is 18.2 Å². The molecule has 0 aliphatic rings. The third-order valence-corrected chi connectivity index (χ3v) is 2.83. The van der Waals surface area contributed by atoms with Gasteiger partial charge in [0.15, 0.2) is 0 Å². The van der Waals surface area contributed by atoms with Crippen LogP contribution in [-0.4, -0.2) is 15.8 Å². The Balaban J connectivity index is 2.47. The van der Waals surface area contributed by atoms with Crippen molar-refractivity contribution in [3.8, 4) is 0 Å². The van der Waals surface area contributed by atoms with Crippen LogP contribution in [0.1, 0.15) is 10.4 Å². The molecule has 0 radical (unpaired) electrons. The number of hydrogen-bond acceptors (Lipinski definition) is 6. The first kappa shape index (κ1) is 14.9. The number of nitro benzene ring substituents is 2. The van der Waals surface area contributed by atoms with Gasteiger partial charge in [0.25, 0.3) is 17.3 Å². The number of nitrogens with zero attached hydrogens (tertiary/aromatic N) is 2. The molecule has 9 nitrogen and oxygen atoms in total. The smallest absolute Gasteiger partial charge is 0.299 e. The molecule has 0 heterocycles. The van der Waals surface area contributed by atoms with Crippen molar-refractivity contribution in [1.29, 1.82) is 0 Å². The van der Waals surface area contributed by atoms with Gasteiger partial charge < -0.3 is 11.1 Å². The van der Waals surface area contributed by atoms with Crippen LogP contribution in [0.5, 0.6) is 0 Å². The Kier molecular flexibility index (Phi) is 3.98. The predicted molar refractivity (Wildman–Crippen MR) is 78.6 cm³/mol. The van der Waals surface area contributed by atoms with Crippen molar-refractivity contribution in [3.05, 3.63) is 68.3 Å². The fourth-order valence-corrected chi connectivity index (χ4v) is 1.79. The van der Waals surface area contributed by atoms with Crippen LogP contribution in [0.3, 0.4) is 0 Å². The second-order valence-corrected chi connectivity index (χ2v) is 4.26. The summed E-state index contributed by atoms with van der Waals surface area (Å²) in [6.07, 6.45) is 0. The third-order valence-electron chi connectivity index (χ3n) is 2.83. The van der Waals surface area contributed by atoms with Crippen LogP contribution < -0.4 is 11.1 Å². The number of carbonyl (C=O) groups is 1. The van der Waals surface area contributed by atoms with Crippen molar-refractivity contribution in [2.45, 2.75) is 0 Å². The number of carbonyl (C=O) groups excluding carboxylic acids is 1. The molecule has 112 valence electrons. The van der Waals surface area contributed by atoms with Crippen LogP contribution in [0.2, 0.25) is 0 Å². The van der Waals surface area contributed by atoms with Crippen LogP contribution in [0, 0.1) is 20.2 Å². The number of non-ortho nitro benzene ring substituents is 1. The molecule has 0 saturated carbocycles. The number of anilines is 2. The SMILES string of the molecule is Nc1c(C(=O)Nc2ccccc2)cc([N+](=O)[O-])cc1[N+](=O)[O-]. The van der Waals surface area contributed by atoms with Gasteiger partial charge >= 0.3 is 0 Å². The molecule has 0 unspecified atom stereocenters. The standard InChI is InChI=1S/C13H10N4O5/c14-12-10(13(18)15-8-4-2-1-3-5-8)6-9(16(19)20)7-11(12)17(21)22/h1-7H,14H2,(H,15,18). The van der Waals surface area contributed by atoms with E-state index in [0.29, 0.717) is 11.8 Å². The Morgan fingerprint density at radius 1 is 1.05 bits per heavy atom. The van der Waals surface area contributed by atoms with Gasteiger partial charge in [-0.15, -0.1) is 0 Å². The lowest BCUT2D eigenvalue weighted by atomic mass is 10.1. The van der Waals surface area contributed by atoms with E-state index in [1.54, 1.807) is 30.3 Å². The van der Waals surface area contributed by atoms with Gasteiger partial charge in [-0.2, -0.15) is 0 Å². The minimum Gasteiger partial charge on any atom is -0.392 e. The Morgan fingerprint density at radius 2 is 1.68 bits per heavy atom. The monoisotopic (exact) mass is 302 g/mol. The number of para-hydroxylation sites is 1. The lowest BCUT2D eigenvalue weighted by molar-refractivity contribution is -0.393. The van der Waals surface area contributed by atoms with Crippen LogP contribution in [0.15, 0.2) is 42.5 Å². The van der Waals surface area contributed by atoms with E-state index in [1.165, 1.54) is 0 Å². The number of rotatable bonds is 4. The summed E-state index contributed by atoms with van der Waals surface area (Å²) in [6.45, 7) is 0. The first-order valence-corrected chi connectivity index (χ1v) is 5.99. The van der Waals surface area contributed by atoms with Crippen molar-refractivity contribution in [2.75, 3.05) is 11.1 Å². The molecule has 2 rings (SSSR count). The summed E-state index contributed by atoms with van der Waals surface area (Å²) in [5.41, 5.74) is 3.99. The van der Waals surface area contributed by atoms with Gasteiger partial charge in [0, 0.05) is 11.8 Å². The maximum absolute atomic E-state index is 12.1. The second kappa shape index (κ2) is 5.87. The fraction of sp³-hybridized carbons (Fsp3) is 0. The van der Waals surface area contributed by atoms with E-state index < -0.39 is 32.8 Å². The van der Waals surface area contributed by atoms with Crippen LogP contribution in [-0.2, 0) is 0 Å². The zero-order chi connectivity index (χ0) is 16.3. The molecule has 1 amide bonds. The van der Waals surface area contributed by atoms with Crippen LogP contribution >= 0.6 is 0 Å². The number of nitro groups is 2. The van der Waals surface area contributed by atoms with Gasteiger partial charge in [0.05, 0.1) is 21.5 Å². The highest BCUT2D eigenvalue weighted by atomic mass is 16.6. The molecule has 22 heavy (non-hydrogen) atoms. The average molecular weight is 302 g/mol. The molecule has 2 aromatic carbocycles. The third kappa shape index (κ3) is 2.98. The number of nitrogens with one attached hydrogen (secondary N) is 1. The Bertz CT molecular complexity index is 761. The van der Waals surface area contributed by atoms with E-state index in [9.17, 15) is 25.0 Å². The van der Waals surface area contributed by atoms with Gasteiger partial charge in [0.1, 0.15) is 5.69 Å². The summed E-state index contributed by atoms with van der Waals surface area (Å²) >= 11 is 0. The number of nitrogens with two attached hydrogens (primary N) is 1. The number of benzene rings is 2. The average Bonchev–Trinajstić information content (AvgIpc) is 2.47. The van der Waals surface area contributed by atoms with Gasteiger partial charge in [0.2, 0.25) is 0 Å². The highest BCUT2D eigenvalue weighted by Crippen LogP contribution is 2.31. The quantitative estimate of drug-likeness (QED) is 0.504. The fourth-order valence-electron chi connectivity index (χ4n) is 1.79. The first-order chi connectivity index (χ1) is 10.4. The Morgan fingerprint density at radius 3 is 2.23 bits per heavy atom. The summed E-state index contributed by atoms with van der Waals surface area (Å²) in [6, 6.07) is 9.90. The highest BCUT2D eigenvalue weighted by molar-refractivity contribution is 6.09. The minimum atomic E-state index is -0.873. The molecule has 2 aromatic rings. The molecule has 0 aliphatic carbocycles. The molecule has 0 saturated heterocycles. The van der Waals surface area contributed by atoms with Crippen molar-refractivity contribution in [3.63, 3.8) is 0 Å². The summed E-state index contributed by atoms with van der Waals surface area (Å²) in [5.74, 6) is -0.768. The molecule has 3 N–H and O–H groups in total. The Labute approximate surface area is 123 Å². The molecule has 0 spiro atoms. The van der Waals surface area contributed by atoms with Gasteiger partial charge in [-0.3, -0.25) is 25.0 Å². The van der Waals surface area contributed by atoms with Crippen molar-refractivity contribution < 1.29 is 14.6 Å². The van der Waals surface area contributed by atoms with E-state index in [1.807, 2.05) is 0 Å². The molecule has 0 fully saturated rings. The minimum absolute atomic E-state index is 0.329. The maximum Gasteiger partial charge on any atom is 0.299 e. The van der Waals surface area contributed by atoms with E-state index in [4.69, 9.17) is 5.73 Å². The van der Waals surface area contributed by atoms with Crippen molar-refractivity contribution in [1.82, 2.24) is 0 Å². The highest BCUT2D eigenvalue weighted by Gasteiger charge is 2.25. The number of nitrogen functional groups attached to an aromatic ring is 1. The molecule has 0 bridgehead atoms. The van der Waals surface area contributed by atoms with Crippen LogP contribution in [0.25, 0.3) is 0 Å². The number of hydrogen-bond donors (Lipinski definition) is 2. The molecular formula is C13H10N4O5. The van der Waals surface area contributed by atoms with E-state index in [2.05, 4.69) is 5.32 Å². The van der Waals surface area contributed by atoms with Crippen molar-refractivity contribution >= 4 is 28.7 Å². The summed E-state index contributed by atoms with van der Waals surface area (Å²) in [4.78, 5) is 32.2. The van der Waals surface area contributed by atoms with Crippen LogP contribution in [0.4, 0.5) is 22.7 Å². The zero-order valence-corrected chi connectivity index (χ0v) is 11.1. The Hall–Kier alpha value is -3.49. The predicted octanol–water partition coefficient (Wildman–Crippen LogP) is 2.34. The first-order valence-electron chi connectivity index (χ1n) is 5.99. The van der Waals surface area contributed by atoms with E-state index >= 15 is 0 Å². The summed E-state index contributed by atoms with van der Waals surface area (Å²) in [5, 5.41) is 24.2. The maximum atomic E-state index is 12.1.